The Morgan fingerprint density at radius 3 is 2.41 bits per heavy atom. The maximum Gasteiger partial charge on any atom is 0.325 e. The zero-order chi connectivity index (χ0) is 16.5. The van der Waals surface area contributed by atoms with E-state index >= 15 is 0 Å². The van der Waals surface area contributed by atoms with E-state index in [2.05, 4.69) is 10.6 Å². The largest absolute Gasteiger partial charge is 0.325 e. The maximum absolute atomic E-state index is 12.0. The fraction of sp³-hybridized carbons (Fsp3) is 0.333. The molecule has 0 bridgehead atoms. The normalized spacial score (nSPS) is 16.4. The van der Waals surface area contributed by atoms with Crippen LogP contribution in [0.5, 0.6) is 0 Å². The number of nitrogens with zero attached hydrogens (tertiary/aromatic N) is 1. The van der Waals surface area contributed by atoms with E-state index in [1.165, 1.54) is 6.92 Å². The molecule has 0 saturated carbocycles. The number of hydrogen-bond acceptors (Lipinski definition) is 4. The molecule has 4 amide bonds. The molecule has 0 spiro atoms. The van der Waals surface area contributed by atoms with Crippen LogP contribution in [0.25, 0.3) is 0 Å². The van der Waals surface area contributed by atoms with Gasteiger partial charge in [-0.2, -0.15) is 0 Å². The summed E-state index contributed by atoms with van der Waals surface area (Å²) in [6, 6.07) is 5.94. The molecule has 22 heavy (non-hydrogen) atoms. The average Bonchev–Trinajstić information content (AvgIpc) is 2.61. The van der Waals surface area contributed by atoms with Gasteiger partial charge in [0.15, 0.2) is 5.78 Å². The van der Waals surface area contributed by atoms with Gasteiger partial charge in [-0.25, -0.2) is 4.79 Å². The van der Waals surface area contributed by atoms with Crippen molar-refractivity contribution in [2.24, 2.45) is 0 Å². The average molecular weight is 303 g/mol. The van der Waals surface area contributed by atoms with E-state index in [0.717, 1.165) is 4.90 Å². The highest BCUT2D eigenvalue weighted by molar-refractivity contribution is 6.10. The van der Waals surface area contributed by atoms with Crippen molar-refractivity contribution in [3.63, 3.8) is 0 Å². The third kappa shape index (κ3) is 2.98. The van der Waals surface area contributed by atoms with Crippen LogP contribution in [-0.4, -0.2) is 40.6 Å². The van der Waals surface area contributed by atoms with Crippen molar-refractivity contribution >= 4 is 29.3 Å². The number of carbonyl (C=O) groups excluding carboxylic acids is 4. The lowest BCUT2D eigenvalue weighted by molar-refractivity contribution is -0.132. The van der Waals surface area contributed by atoms with Crippen molar-refractivity contribution in [1.29, 1.82) is 0 Å². The Hall–Kier alpha value is -2.70. The summed E-state index contributed by atoms with van der Waals surface area (Å²) in [7, 11) is 0. The van der Waals surface area contributed by atoms with Gasteiger partial charge in [-0.3, -0.25) is 19.3 Å². The van der Waals surface area contributed by atoms with Crippen LogP contribution in [0.2, 0.25) is 0 Å². The van der Waals surface area contributed by atoms with E-state index in [1.807, 2.05) is 0 Å². The quantitative estimate of drug-likeness (QED) is 0.644. The first kappa shape index (κ1) is 15.7. The molecule has 1 aromatic rings. The fourth-order valence-corrected chi connectivity index (χ4v) is 2.19. The van der Waals surface area contributed by atoms with Gasteiger partial charge in [0.1, 0.15) is 12.1 Å². The van der Waals surface area contributed by atoms with Crippen LogP contribution in [0.15, 0.2) is 24.3 Å². The predicted octanol–water partition coefficient (Wildman–Crippen LogP) is 1.16. The molecular formula is C15H17N3O4. The van der Waals surface area contributed by atoms with Gasteiger partial charge in [0.2, 0.25) is 5.91 Å². The summed E-state index contributed by atoms with van der Waals surface area (Å²) in [6.07, 6.45) is 0. The molecule has 7 heteroatoms. The summed E-state index contributed by atoms with van der Waals surface area (Å²) in [4.78, 5) is 48.1. The minimum absolute atomic E-state index is 0.188. The Kier molecular flexibility index (Phi) is 3.99. The van der Waals surface area contributed by atoms with Crippen LogP contribution in [-0.2, 0) is 9.59 Å². The molecule has 116 valence electrons. The van der Waals surface area contributed by atoms with Crippen molar-refractivity contribution in [2.45, 2.75) is 26.3 Å². The van der Waals surface area contributed by atoms with Gasteiger partial charge in [0.05, 0.1) is 5.69 Å². The highest BCUT2D eigenvalue weighted by Crippen LogP contribution is 2.18. The number of amides is 4. The Balaban J connectivity index is 2.10. The third-order valence-corrected chi connectivity index (χ3v) is 3.33. The second kappa shape index (κ2) is 5.59. The second-order valence-electron chi connectivity index (χ2n) is 5.60. The summed E-state index contributed by atoms with van der Waals surface area (Å²) >= 11 is 0. The molecule has 0 unspecified atom stereocenters. The van der Waals surface area contributed by atoms with Crippen LogP contribution in [0.4, 0.5) is 10.5 Å². The number of imide groups is 1. The van der Waals surface area contributed by atoms with Crippen LogP contribution < -0.4 is 10.6 Å². The zero-order valence-electron chi connectivity index (χ0n) is 12.6. The Bertz CT molecular complexity index is 667. The van der Waals surface area contributed by atoms with Gasteiger partial charge in [-0.15, -0.1) is 0 Å². The molecule has 1 saturated heterocycles. The Labute approximate surface area is 127 Å². The topological polar surface area (TPSA) is 95.6 Å². The number of anilines is 1. The van der Waals surface area contributed by atoms with E-state index in [9.17, 15) is 19.2 Å². The lowest BCUT2D eigenvalue weighted by atomic mass is 10.1. The maximum atomic E-state index is 12.0. The molecule has 2 N–H and O–H groups in total. The molecule has 1 aliphatic heterocycles. The number of rotatable bonds is 4. The number of benzene rings is 1. The monoisotopic (exact) mass is 303 g/mol. The van der Waals surface area contributed by atoms with E-state index < -0.39 is 29.9 Å². The lowest BCUT2D eigenvalue weighted by Crippen LogP contribution is -2.41. The first-order valence-corrected chi connectivity index (χ1v) is 6.76. The minimum atomic E-state index is -1.02. The Morgan fingerprint density at radius 1 is 1.23 bits per heavy atom. The summed E-state index contributed by atoms with van der Waals surface area (Å²) in [5.74, 6) is -1.20. The number of nitrogens with one attached hydrogen (secondary N) is 2. The first-order valence-electron chi connectivity index (χ1n) is 6.76. The molecule has 2 rings (SSSR count). The Morgan fingerprint density at radius 2 is 1.86 bits per heavy atom. The molecule has 0 atom stereocenters. The molecule has 1 aliphatic rings. The van der Waals surface area contributed by atoms with Crippen LogP contribution in [0.3, 0.4) is 0 Å². The van der Waals surface area contributed by atoms with Crippen molar-refractivity contribution < 1.29 is 19.2 Å². The highest BCUT2D eigenvalue weighted by atomic mass is 16.2. The second-order valence-corrected chi connectivity index (χ2v) is 5.60. The molecule has 0 aromatic heterocycles. The molecule has 1 heterocycles. The number of hydrogen-bond donors (Lipinski definition) is 2. The number of ketones is 1. The lowest BCUT2D eigenvalue weighted by Gasteiger charge is -2.16. The van der Waals surface area contributed by atoms with E-state index in [1.54, 1.807) is 38.1 Å². The third-order valence-electron chi connectivity index (χ3n) is 3.33. The summed E-state index contributed by atoms with van der Waals surface area (Å²) in [5, 5.41) is 5.05. The smallest absolute Gasteiger partial charge is 0.324 e. The highest BCUT2D eigenvalue weighted by Gasteiger charge is 2.44. The van der Waals surface area contributed by atoms with E-state index in [-0.39, 0.29) is 5.78 Å². The van der Waals surface area contributed by atoms with Gasteiger partial charge in [-0.05, 0) is 32.9 Å². The SMILES string of the molecule is CC(=O)c1ccccc1NC(=O)CN1C(=O)NC(C)(C)C1=O. The van der Waals surface area contributed by atoms with E-state index in [4.69, 9.17) is 0 Å². The number of urea groups is 1. The van der Waals surface area contributed by atoms with Gasteiger partial charge in [0.25, 0.3) is 5.91 Å². The van der Waals surface area contributed by atoms with Gasteiger partial charge in [0, 0.05) is 5.56 Å². The number of Topliss-reactive ketones (excluding diaryl/α,β-unsaturated/α-hetero) is 1. The molecule has 1 fully saturated rings. The minimum Gasteiger partial charge on any atom is -0.324 e. The van der Waals surface area contributed by atoms with Crippen molar-refractivity contribution in [3.8, 4) is 0 Å². The van der Waals surface area contributed by atoms with Gasteiger partial charge < -0.3 is 10.6 Å². The zero-order valence-corrected chi connectivity index (χ0v) is 12.6. The van der Waals surface area contributed by atoms with Gasteiger partial charge >= 0.3 is 6.03 Å². The molecule has 0 radical (unpaired) electrons. The van der Waals surface area contributed by atoms with Crippen LogP contribution in [0, 0.1) is 0 Å². The molecule has 1 aromatic carbocycles. The van der Waals surface area contributed by atoms with Crippen molar-refractivity contribution in [2.75, 3.05) is 11.9 Å². The van der Waals surface area contributed by atoms with Gasteiger partial charge in [-0.1, -0.05) is 12.1 Å². The van der Waals surface area contributed by atoms with E-state index in [0.29, 0.717) is 11.3 Å². The summed E-state index contributed by atoms with van der Waals surface area (Å²) in [6.45, 7) is 4.12. The fourth-order valence-electron chi connectivity index (χ4n) is 2.19. The number of carbonyl (C=O) groups is 4. The predicted molar refractivity (Wildman–Crippen MR) is 79.4 cm³/mol. The van der Waals surface area contributed by atoms with Crippen LogP contribution in [0.1, 0.15) is 31.1 Å². The summed E-state index contributed by atoms with van der Waals surface area (Å²) in [5.41, 5.74) is -0.297. The standard InChI is InChI=1S/C15H17N3O4/c1-9(19)10-6-4-5-7-11(10)16-12(20)8-18-13(21)15(2,3)17-14(18)22/h4-7H,8H2,1-3H3,(H,16,20)(H,17,22). The van der Waals surface area contributed by atoms with Crippen molar-refractivity contribution in [3.05, 3.63) is 29.8 Å². The van der Waals surface area contributed by atoms with Crippen molar-refractivity contribution in [1.82, 2.24) is 10.2 Å². The molecule has 7 nitrogen and oxygen atoms in total. The molecule has 0 aliphatic carbocycles. The van der Waals surface area contributed by atoms with Crippen LogP contribution >= 0.6 is 0 Å². The summed E-state index contributed by atoms with van der Waals surface area (Å²) < 4.78 is 0. The molecular weight excluding hydrogens is 286 g/mol. The number of para-hydroxylation sites is 1. The first-order chi connectivity index (χ1) is 10.2.